The van der Waals surface area contributed by atoms with Crippen molar-refractivity contribution in [2.75, 3.05) is 27.2 Å². The summed E-state index contributed by atoms with van der Waals surface area (Å²) in [5.41, 5.74) is 6.32. The van der Waals surface area contributed by atoms with Gasteiger partial charge in [-0.25, -0.2) is 0 Å². The molecule has 6 heteroatoms. The number of likely N-dealkylation sites (tertiary alicyclic amines) is 1. The lowest BCUT2D eigenvalue weighted by atomic mass is 9.78. The van der Waals surface area contributed by atoms with E-state index in [2.05, 4.69) is 77.4 Å². The third-order valence-corrected chi connectivity index (χ3v) is 8.55. The van der Waals surface area contributed by atoms with E-state index in [1.54, 1.807) is 0 Å². The number of thioether (sulfide) groups is 1. The van der Waals surface area contributed by atoms with E-state index in [-0.39, 0.29) is 23.9 Å². The smallest absolute Gasteiger partial charge is 0.399 e. The van der Waals surface area contributed by atoms with E-state index in [4.69, 9.17) is 14.0 Å². The van der Waals surface area contributed by atoms with Crippen LogP contribution in [-0.4, -0.2) is 56.1 Å². The number of ether oxygens (including phenoxy) is 1. The van der Waals surface area contributed by atoms with E-state index >= 15 is 0 Å². The molecule has 2 saturated heterocycles. The van der Waals surface area contributed by atoms with Gasteiger partial charge >= 0.3 is 7.12 Å². The van der Waals surface area contributed by atoms with Crippen molar-refractivity contribution in [1.82, 2.24) is 4.90 Å². The summed E-state index contributed by atoms with van der Waals surface area (Å²) in [5.74, 6) is 0.356. The molecule has 1 aromatic rings. The van der Waals surface area contributed by atoms with Gasteiger partial charge in [0, 0.05) is 34.9 Å². The number of hydrogen-bond donors (Lipinski definition) is 0. The predicted octanol–water partition coefficient (Wildman–Crippen LogP) is 4.33. The fraction of sp³-hybridized carbons (Fsp3) is 0.625. The maximum Gasteiger partial charge on any atom is 0.494 e. The second-order valence-electron chi connectivity index (χ2n) is 10.2. The zero-order valence-electron chi connectivity index (χ0n) is 19.6. The summed E-state index contributed by atoms with van der Waals surface area (Å²) in [6.07, 6.45) is 1.09. The maximum absolute atomic E-state index is 6.26. The fourth-order valence-corrected chi connectivity index (χ4v) is 6.01. The Kier molecular flexibility index (Phi) is 5.58. The van der Waals surface area contributed by atoms with Crippen LogP contribution in [0.25, 0.3) is 5.57 Å². The number of hydrogen-bond acceptors (Lipinski definition) is 5. The van der Waals surface area contributed by atoms with Crippen molar-refractivity contribution in [1.29, 1.82) is 0 Å². The van der Waals surface area contributed by atoms with Crippen molar-refractivity contribution in [2.45, 2.75) is 69.7 Å². The highest BCUT2D eigenvalue weighted by molar-refractivity contribution is 8.03. The summed E-state index contributed by atoms with van der Waals surface area (Å²) in [6.45, 7) is 14.8. The summed E-state index contributed by atoms with van der Waals surface area (Å²) in [6, 6.07) is 6.58. The lowest BCUT2D eigenvalue weighted by Gasteiger charge is -2.45. The number of benzene rings is 1. The van der Waals surface area contributed by atoms with Gasteiger partial charge in [-0.2, -0.15) is 0 Å². The minimum Gasteiger partial charge on any atom is -0.399 e. The molecule has 2 fully saturated rings. The highest BCUT2D eigenvalue weighted by atomic mass is 32.2. The molecule has 3 aliphatic rings. The number of nitrogens with zero attached hydrogens (tertiary/aromatic N) is 1. The Balaban J connectivity index is 1.65. The quantitative estimate of drug-likeness (QED) is 0.529. The van der Waals surface area contributed by atoms with E-state index in [0.717, 1.165) is 25.0 Å². The highest BCUT2D eigenvalue weighted by Crippen LogP contribution is 2.46. The van der Waals surface area contributed by atoms with Crippen molar-refractivity contribution in [2.24, 2.45) is 5.92 Å². The van der Waals surface area contributed by atoms with Gasteiger partial charge in [0.1, 0.15) is 0 Å². The molecule has 0 aliphatic carbocycles. The van der Waals surface area contributed by atoms with Crippen molar-refractivity contribution in [3.63, 3.8) is 0 Å². The van der Waals surface area contributed by atoms with Crippen molar-refractivity contribution >= 4 is 29.9 Å². The standard InChI is InChI=1S/C24H34BNO3S/c1-16-13-21(19-11-12-26(7)15-24(19,6)27-8)30-20-10-9-17(14-18(16)20)25-28-22(2,3)23(4,5)29-25/h9-10,14,19H,11-12,15H2,1-8H3/t19-,24-/m0/s1. The number of rotatable bonds is 3. The molecule has 0 N–H and O–H groups in total. The van der Waals surface area contributed by atoms with Gasteiger partial charge in [0.2, 0.25) is 0 Å². The van der Waals surface area contributed by atoms with Gasteiger partial charge in [-0.1, -0.05) is 23.9 Å². The van der Waals surface area contributed by atoms with Gasteiger partial charge in [-0.3, -0.25) is 0 Å². The van der Waals surface area contributed by atoms with Gasteiger partial charge in [0.15, 0.2) is 0 Å². The topological polar surface area (TPSA) is 30.9 Å². The molecule has 162 valence electrons. The fourth-order valence-electron chi connectivity index (χ4n) is 4.60. The molecule has 0 unspecified atom stereocenters. The van der Waals surface area contributed by atoms with Crippen LogP contribution in [0.4, 0.5) is 0 Å². The average molecular weight is 427 g/mol. The Labute approximate surface area is 186 Å². The van der Waals surface area contributed by atoms with Crippen LogP contribution in [0.15, 0.2) is 33.7 Å². The minimum atomic E-state index is -0.339. The van der Waals surface area contributed by atoms with Gasteiger partial charge < -0.3 is 18.9 Å². The largest absolute Gasteiger partial charge is 0.494 e. The SMILES string of the molecule is CO[C@@]1(C)CN(C)CC[C@H]1C1=C=C(C)c2cc(B3OC(C)(C)C(C)(C)O3)ccc2S1. The number of piperidine rings is 1. The molecule has 1 aromatic carbocycles. The molecular weight excluding hydrogens is 393 g/mol. The molecule has 0 radical (unpaired) electrons. The Morgan fingerprint density at radius 2 is 1.83 bits per heavy atom. The molecule has 4 nitrogen and oxygen atoms in total. The molecule has 0 spiro atoms. The van der Waals surface area contributed by atoms with Crippen LogP contribution in [0.2, 0.25) is 0 Å². The maximum atomic E-state index is 6.26. The first-order valence-corrected chi connectivity index (χ1v) is 11.7. The molecule has 3 aliphatic heterocycles. The Morgan fingerprint density at radius 3 is 2.47 bits per heavy atom. The van der Waals surface area contributed by atoms with Crippen LogP contribution in [0.5, 0.6) is 0 Å². The molecule has 0 saturated carbocycles. The summed E-state index contributed by atoms with van der Waals surface area (Å²) >= 11 is 1.84. The van der Waals surface area contributed by atoms with E-state index in [0.29, 0.717) is 5.92 Å². The first-order chi connectivity index (χ1) is 14.0. The molecule has 0 bridgehead atoms. The van der Waals surface area contributed by atoms with Crippen LogP contribution >= 0.6 is 11.8 Å². The Hall–Kier alpha value is -1.01. The lowest BCUT2D eigenvalue weighted by Crippen LogP contribution is -2.52. The number of methoxy groups -OCH3 is 1. The first-order valence-electron chi connectivity index (χ1n) is 10.8. The average Bonchev–Trinajstić information content (AvgIpc) is 2.89. The van der Waals surface area contributed by atoms with Gasteiger partial charge in [-0.05, 0) is 78.6 Å². The normalized spacial score (nSPS) is 30.7. The van der Waals surface area contributed by atoms with Crippen LogP contribution in [0, 0.1) is 5.92 Å². The van der Waals surface area contributed by atoms with Crippen molar-refractivity contribution < 1.29 is 14.0 Å². The van der Waals surface area contributed by atoms with Crippen LogP contribution in [-0.2, 0) is 14.0 Å². The number of likely N-dealkylation sites (N-methyl/N-ethyl adjacent to an activating group) is 1. The van der Waals surface area contributed by atoms with Crippen LogP contribution in [0.3, 0.4) is 0 Å². The molecule has 0 aromatic heterocycles. The van der Waals surface area contributed by atoms with Gasteiger partial charge in [0.25, 0.3) is 0 Å². The van der Waals surface area contributed by atoms with E-state index in [1.165, 1.54) is 20.9 Å². The van der Waals surface area contributed by atoms with E-state index in [1.807, 2.05) is 18.9 Å². The summed E-state index contributed by atoms with van der Waals surface area (Å²) in [4.78, 5) is 4.93. The number of fused-ring (bicyclic) bond motifs is 1. The first kappa shape index (κ1) is 22.2. The summed E-state index contributed by atoms with van der Waals surface area (Å²) in [5, 5.41) is 0. The third kappa shape index (κ3) is 3.72. The zero-order chi connectivity index (χ0) is 21.9. The summed E-state index contributed by atoms with van der Waals surface area (Å²) in [7, 11) is 3.67. The molecular formula is C24H34BNO3S. The second kappa shape index (κ2) is 7.55. The molecule has 3 heterocycles. The second-order valence-corrected chi connectivity index (χ2v) is 11.2. The predicted molar refractivity (Wildman–Crippen MR) is 125 cm³/mol. The minimum absolute atomic E-state index is 0.192. The van der Waals surface area contributed by atoms with Crippen LogP contribution in [0.1, 0.15) is 53.5 Å². The molecule has 2 atom stereocenters. The van der Waals surface area contributed by atoms with Crippen molar-refractivity contribution in [3.8, 4) is 0 Å². The lowest BCUT2D eigenvalue weighted by molar-refractivity contribution is -0.0731. The van der Waals surface area contributed by atoms with E-state index in [9.17, 15) is 0 Å². The Morgan fingerprint density at radius 1 is 1.17 bits per heavy atom. The van der Waals surface area contributed by atoms with Crippen molar-refractivity contribution in [3.05, 3.63) is 34.4 Å². The van der Waals surface area contributed by atoms with E-state index < -0.39 is 0 Å². The van der Waals surface area contributed by atoms with Gasteiger partial charge in [-0.15, -0.1) is 5.73 Å². The monoisotopic (exact) mass is 427 g/mol. The molecule has 4 rings (SSSR count). The zero-order valence-corrected chi connectivity index (χ0v) is 20.4. The van der Waals surface area contributed by atoms with Gasteiger partial charge in [0.05, 0.1) is 16.8 Å². The Bertz CT molecular complexity index is 905. The highest BCUT2D eigenvalue weighted by Gasteiger charge is 2.52. The molecule has 0 amide bonds. The summed E-state index contributed by atoms with van der Waals surface area (Å²) < 4.78 is 18.5. The molecule has 30 heavy (non-hydrogen) atoms. The van der Waals surface area contributed by atoms with Crippen LogP contribution < -0.4 is 5.46 Å². The third-order valence-electron chi connectivity index (χ3n) is 7.37.